The topological polar surface area (TPSA) is 91.0 Å². The van der Waals surface area contributed by atoms with Gasteiger partial charge in [-0.1, -0.05) is 23.7 Å². The lowest BCUT2D eigenvalue weighted by molar-refractivity contribution is -0.128. The van der Waals surface area contributed by atoms with Gasteiger partial charge in [0, 0.05) is 34.9 Å². The number of urea groups is 1. The molecule has 1 unspecified atom stereocenters. The lowest BCUT2D eigenvalue weighted by atomic mass is 10.0. The number of carbonyl (C=O) groups excluding carboxylic acids is 2. The van der Waals surface area contributed by atoms with Crippen molar-refractivity contribution in [2.45, 2.75) is 18.9 Å². The van der Waals surface area contributed by atoms with Crippen LogP contribution >= 0.6 is 11.6 Å². The normalized spacial score (nSPS) is 19.1. The summed E-state index contributed by atoms with van der Waals surface area (Å²) in [6.45, 7) is 0.980. The van der Waals surface area contributed by atoms with Crippen LogP contribution in [0.5, 0.6) is 0 Å². The summed E-state index contributed by atoms with van der Waals surface area (Å²) < 4.78 is 0. The number of carbonyl (C=O) groups is 2. The number of hydrazone groups is 1. The first-order valence-corrected chi connectivity index (χ1v) is 9.47. The van der Waals surface area contributed by atoms with Crippen LogP contribution in [0.3, 0.4) is 0 Å². The number of nitrogens with zero attached hydrogens (tertiary/aromatic N) is 3. The third-order valence-electron chi connectivity index (χ3n) is 4.91. The Morgan fingerprint density at radius 1 is 1.14 bits per heavy atom. The Morgan fingerprint density at radius 2 is 1.86 bits per heavy atom. The zero-order valence-corrected chi connectivity index (χ0v) is 15.9. The molecule has 2 aliphatic rings. The van der Waals surface area contributed by atoms with Gasteiger partial charge in [-0.15, -0.1) is 0 Å². The van der Waals surface area contributed by atoms with E-state index in [9.17, 15) is 9.59 Å². The SMILES string of the molecule is Nc1ccc(NC(=O)N2CC(N3CCCC3=O)C(c3ccc(Cl)cc3)=N2)cc1. The van der Waals surface area contributed by atoms with Crippen LogP contribution in [0, 0.1) is 0 Å². The molecule has 1 atom stereocenters. The molecule has 4 rings (SSSR count). The molecule has 28 heavy (non-hydrogen) atoms. The van der Waals surface area contributed by atoms with Crippen LogP contribution < -0.4 is 11.1 Å². The van der Waals surface area contributed by atoms with Crippen LogP contribution in [0.4, 0.5) is 16.2 Å². The first kappa shape index (κ1) is 18.3. The number of likely N-dealkylation sites (tertiary alicyclic amines) is 1. The van der Waals surface area contributed by atoms with Gasteiger partial charge in [-0.3, -0.25) is 4.79 Å². The minimum Gasteiger partial charge on any atom is -0.399 e. The summed E-state index contributed by atoms with van der Waals surface area (Å²) in [7, 11) is 0. The van der Waals surface area contributed by atoms with Crippen LogP contribution in [0.2, 0.25) is 5.02 Å². The number of rotatable bonds is 3. The van der Waals surface area contributed by atoms with E-state index in [4.69, 9.17) is 17.3 Å². The lowest BCUT2D eigenvalue weighted by Gasteiger charge is -2.25. The van der Waals surface area contributed by atoms with Crippen molar-refractivity contribution in [1.29, 1.82) is 0 Å². The van der Waals surface area contributed by atoms with E-state index in [1.807, 2.05) is 17.0 Å². The van der Waals surface area contributed by atoms with E-state index in [1.165, 1.54) is 5.01 Å². The summed E-state index contributed by atoms with van der Waals surface area (Å²) in [6.07, 6.45) is 1.35. The zero-order chi connectivity index (χ0) is 19.7. The fraction of sp³-hybridized carbons (Fsp3) is 0.250. The third kappa shape index (κ3) is 3.66. The van der Waals surface area contributed by atoms with Gasteiger partial charge in [-0.05, 0) is 42.8 Å². The van der Waals surface area contributed by atoms with Crippen molar-refractivity contribution in [2.24, 2.45) is 5.10 Å². The number of hydrogen-bond acceptors (Lipinski definition) is 4. The molecule has 1 saturated heterocycles. The van der Waals surface area contributed by atoms with Crippen molar-refractivity contribution in [3.05, 3.63) is 59.1 Å². The number of benzene rings is 2. The molecule has 0 spiro atoms. The van der Waals surface area contributed by atoms with Gasteiger partial charge in [0.1, 0.15) is 0 Å². The minimum absolute atomic E-state index is 0.0902. The smallest absolute Gasteiger partial charge is 0.342 e. The molecule has 3 N–H and O–H groups in total. The highest BCUT2D eigenvalue weighted by molar-refractivity contribution is 6.30. The Balaban J connectivity index is 1.59. The highest BCUT2D eigenvalue weighted by Gasteiger charge is 2.39. The van der Waals surface area contributed by atoms with Gasteiger partial charge >= 0.3 is 6.03 Å². The van der Waals surface area contributed by atoms with Crippen molar-refractivity contribution >= 4 is 40.6 Å². The third-order valence-corrected chi connectivity index (χ3v) is 5.16. The second-order valence-corrected chi connectivity index (χ2v) is 7.27. The summed E-state index contributed by atoms with van der Waals surface area (Å²) >= 11 is 6.00. The number of anilines is 2. The maximum absolute atomic E-state index is 12.7. The number of nitrogen functional groups attached to an aromatic ring is 1. The Kier molecular flexibility index (Phi) is 4.92. The zero-order valence-electron chi connectivity index (χ0n) is 15.1. The molecule has 144 valence electrons. The number of nitrogens with two attached hydrogens (primary N) is 1. The predicted octanol–water partition coefficient (Wildman–Crippen LogP) is 3.17. The maximum atomic E-state index is 12.7. The molecule has 3 amide bonds. The summed E-state index contributed by atoms with van der Waals surface area (Å²) in [5.41, 5.74) is 8.47. The van der Waals surface area contributed by atoms with Crippen molar-refractivity contribution in [2.75, 3.05) is 24.1 Å². The molecule has 2 aromatic carbocycles. The first-order chi connectivity index (χ1) is 13.5. The Hall–Kier alpha value is -3.06. The van der Waals surface area contributed by atoms with Crippen LogP contribution in [-0.4, -0.2) is 46.7 Å². The van der Waals surface area contributed by atoms with Gasteiger partial charge in [0.2, 0.25) is 5.91 Å². The van der Waals surface area contributed by atoms with Crippen LogP contribution in [0.15, 0.2) is 53.6 Å². The van der Waals surface area contributed by atoms with Gasteiger partial charge in [-0.2, -0.15) is 5.10 Å². The van der Waals surface area contributed by atoms with E-state index < -0.39 is 0 Å². The van der Waals surface area contributed by atoms with E-state index >= 15 is 0 Å². The quantitative estimate of drug-likeness (QED) is 0.779. The number of amides is 3. The molecular weight excluding hydrogens is 378 g/mol. The highest BCUT2D eigenvalue weighted by Crippen LogP contribution is 2.25. The van der Waals surface area contributed by atoms with E-state index in [1.54, 1.807) is 36.4 Å². The summed E-state index contributed by atoms with van der Waals surface area (Å²) in [6, 6.07) is 13.5. The Bertz CT molecular complexity index is 927. The average molecular weight is 398 g/mol. The molecule has 0 bridgehead atoms. The minimum atomic E-state index is -0.356. The molecule has 8 heteroatoms. The molecule has 2 aliphatic heterocycles. The maximum Gasteiger partial charge on any atom is 0.342 e. The summed E-state index contributed by atoms with van der Waals surface area (Å²) in [4.78, 5) is 26.8. The fourth-order valence-electron chi connectivity index (χ4n) is 3.49. The van der Waals surface area contributed by atoms with Gasteiger partial charge in [0.25, 0.3) is 0 Å². The lowest BCUT2D eigenvalue weighted by Crippen LogP contribution is -2.45. The second-order valence-electron chi connectivity index (χ2n) is 6.83. The van der Waals surface area contributed by atoms with Crippen molar-refractivity contribution < 1.29 is 9.59 Å². The van der Waals surface area contributed by atoms with Crippen molar-refractivity contribution in [1.82, 2.24) is 9.91 Å². The predicted molar refractivity (Wildman–Crippen MR) is 109 cm³/mol. The largest absolute Gasteiger partial charge is 0.399 e. The molecule has 0 radical (unpaired) electrons. The van der Waals surface area contributed by atoms with Gasteiger partial charge in [0.05, 0.1) is 18.3 Å². The molecule has 1 fully saturated rings. The highest BCUT2D eigenvalue weighted by atomic mass is 35.5. The number of halogens is 1. The van der Waals surface area contributed by atoms with Crippen molar-refractivity contribution in [3.8, 4) is 0 Å². The van der Waals surface area contributed by atoms with Gasteiger partial charge in [-0.25, -0.2) is 9.80 Å². The van der Waals surface area contributed by atoms with E-state index in [0.717, 1.165) is 12.0 Å². The van der Waals surface area contributed by atoms with E-state index in [2.05, 4.69) is 10.4 Å². The van der Waals surface area contributed by atoms with E-state index in [0.29, 0.717) is 41.6 Å². The Morgan fingerprint density at radius 3 is 2.50 bits per heavy atom. The van der Waals surface area contributed by atoms with Gasteiger partial charge < -0.3 is 16.0 Å². The fourth-order valence-corrected chi connectivity index (χ4v) is 3.61. The van der Waals surface area contributed by atoms with Crippen LogP contribution in [0.1, 0.15) is 18.4 Å². The Labute approximate surface area is 167 Å². The standard InChI is InChI=1S/C20H20ClN5O2/c21-14-5-3-13(4-6-14)19-17(25-11-1-2-18(25)27)12-26(24-19)20(28)23-16-9-7-15(22)8-10-16/h3-10,17H,1-2,11-12,22H2,(H,23,28). The molecule has 0 aliphatic carbocycles. The second kappa shape index (κ2) is 7.52. The van der Waals surface area contributed by atoms with Gasteiger partial charge in [0.15, 0.2) is 0 Å². The number of hydrogen-bond donors (Lipinski definition) is 2. The molecule has 0 saturated carbocycles. The molecule has 2 aromatic rings. The van der Waals surface area contributed by atoms with Crippen molar-refractivity contribution in [3.63, 3.8) is 0 Å². The molecule has 7 nitrogen and oxygen atoms in total. The van der Waals surface area contributed by atoms with Crippen LogP contribution in [0.25, 0.3) is 0 Å². The molecule has 0 aromatic heterocycles. The molecular formula is C20H20ClN5O2. The average Bonchev–Trinajstić information content (AvgIpc) is 3.30. The first-order valence-electron chi connectivity index (χ1n) is 9.09. The molecule has 2 heterocycles. The van der Waals surface area contributed by atoms with Crippen LogP contribution in [-0.2, 0) is 4.79 Å². The summed E-state index contributed by atoms with van der Waals surface area (Å²) in [5.74, 6) is 0.0902. The van der Waals surface area contributed by atoms with E-state index in [-0.39, 0.29) is 18.0 Å². The monoisotopic (exact) mass is 397 g/mol. The summed E-state index contributed by atoms with van der Waals surface area (Å²) in [5, 5.41) is 9.34. The number of nitrogens with one attached hydrogen (secondary N) is 1.